The molecule has 0 unspecified atom stereocenters. The highest BCUT2D eigenvalue weighted by Gasteiger charge is 2.37. The second-order valence-corrected chi connectivity index (χ2v) is 9.14. The van der Waals surface area contributed by atoms with Crippen LogP contribution in [0.3, 0.4) is 0 Å². The first kappa shape index (κ1) is 27.1. The van der Waals surface area contributed by atoms with Crippen LogP contribution in [-0.4, -0.2) is 75.7 Å². The molecule has 0 bridgehead atoms. The number of hydroxylamine groups is 2. The number of halogens is 1. The first-order chi connectivity index (χ1) is 19.5. The molecule has 1 fully saturated rings. The van der Waals surface area contributed by atoms with E-state index in [1.807, 2.05) is 37.3 Å². The Labute approximate surface area is 230 Å². The fourth-order valence-corrected chi connectivity index (χ4v) is 4.50. The van der Waals surface area contributed by atoms with E-state index in [0.717, 1.165) is 11.3 Å². The fraction of sp³-hybridized carbons (Fsp3) is 0.296. The summed E-state index contributed by atoms with van der Waals surface area (Å²) in [5.74, 6) is 0.350. The number of ether oxygens (including phenoxy) is 1. The summed E-state index contributed by atoms with van der Waals surface area (Å²) < 4.78 is 20.7. The van der Waals surface area contributed by atoms with Crippen LogP contribution in [0.4, 0.5) is 21.0 Å². The van der Waals surface area contributed by atoms with Crippen LogP contribution < -0.4 is 16.0 Å². The van der Waals surface area contributed by atoms with Gasteiger partial charge in [-0.2, -0.15) is 14.6 Å². The molecule has 13 heteroatoms. The molecule has 4 aromatic rings. The molecule has 40 heavy (non-hydrogen) atoms. The van der Waals surface area contributed by atoms with E-state index in [1.165, 1.54) is 12.3 Å². The van der Waals surface area contributed by atoms with Crippen molar-refractivity contribution in [1.82, 2.24) is 35.1 Å². The lowest BCUT2D eigenvalue weighted by atomic mass is 10.0. The number of carbonyl (C=O) groups is 1. The number of aromatic nitrogens is 5. The van der Waals surface area contributed by atoms with Crippen molar-refractivity contribution in [3.8, 4) is 16.9 Å². The Bertz CT molecular complexity index is 1450. The number of rotatable bonds is 9. The summed E-state index contributed by atoms with van der Waals surface area (Å²) in [6, 6.07) is 11.5. The zero-order valence-electron chi connectivity index (χ0n) is 22.3. The Morgan fingerprint density at radius 2 is 1.95 bits per heavy atom. The lowest BCUT2D eigenvalue weighted by molar-refractivity contribution is -0.154. The van der Waals surface area contributed by atoms with Gasteiger partial charge in [-0.25, -0.2) is 24.4 Å². The number of hydrogen-bond acceptors (Lipinski definition) is 9. The summed E-state index contributed by atoms with van der Waals surface area (Å²) >= 11 is 0. The van der Waals surface area contributed by atoms with Crippen LogP contribution in [0.15, 0.2) is 61.1 Å². The number of nitrogens with one attached hydrogen (secondary N) is 3. The number of methoxy groups -OCH3 is 1. The molecule has 0 radical (unpaired) electrons. The third-order valence-corrected chi connectivity index (χ3v) is 6.47. The predicted octanol–water partition coefficient (Wildman–Crippen LogP) is 3.34. The molecule has 2 amide bonds. The maximum absolute atomic E-state index is 13.9. The van der Waals surface area contributed by atoms with E-state index < -0.39 is 24.1 Å². The van der Waals surface area contributed by atoms with Gasteiger partial charge in [0.05, 0.1) is 18.3 Å². The average Bonchev–Trinajstić information content (AvgIpc) is 3.52. The van der Waals surface area contributed by atoms with Crippen molar-refractivity contribution in [2.45, 2.75) is 19.1 Å². The van der Waals surface area contributed by atoms with Gasteiger partial charge in [0.2, 0.25) is 11.9 Å². The predicted molar refractivity (Wildman–Crippen MR) is 146 cm³/mol. The van der Waals surface area contributed by atoms with E-state index >= 15 is 0 Å². The molecule has 1 aliphatic heterocycles. The van der Waals surface area contributed by atoms with Gasteiger partial charge in [-0.3, -0.25) is 10.2 Å². The molecule has 3 aromatic heterocycles. The van der Waals surface area contributed by atoms with Crippen molar-refractivity contribution < 1.29 is 18.8 Å². The molecule has 0 spiro atoms. The molecule has 1 aromatic carbocycles. The lowest BCUT2D eigenvalue weighted by Gasteiger charge is -2.19. The number of pyridine rings is 1. The van der Waals surface area contributed by atoms with E-state index in [0.29, 0.717) is 48.3 Å². The van der Waals surface area contributed by atoms with Crippen LogP contribution in [-0.2, 0) is 9.57 Å². The molecule has 3 N–H and O–H groups in total. The number of benzene rings is 1. The van der Waals surface area contributed by atoms with Crippen LogP contribution in [0.2, 0.25) is 0 Å². The van der Waals surface area contributed by atoms with Gasteiger partial charge in [0, 0.05) is 57.0 Å². The zero-order chi connectivity index (χ0) is 28.1. The van der Waals surface area contributed by atoms with E-state index in [-0.39, 0.29) is 0 Å². The molecule has 2 atom stereocenters. The van der Waals surface area contributed by atoms with Crippen molar-refractivity contribution in [1.29, 1.82) is 0 Å². The second-order valence-electron chi connectivity index (χ2n) is 9.14. The molecule has 1 saturated heterocycles. The first-order valence-corrected chi connectivity index (χ1v) is 12.7. The molecule has 208 valence electrons. The van der Waals surface area contributed by atoms with Crippen molar-refractivity contribution in [2.75, 3.05) is 44.5 Å². The number of para-hydroxylation sites is 1. The van der Waals surface area contributed by atoms with Crippen LogP contribution >= 0.6 is 0 Å². The largest absolute Gasteiger partial charge is 0.383 e. The maximum atomic E-state index is 13.9. The smallest absolute Gasteiger partial charge is 0.320 e. The van der Waals surface area contributed by atoms with E-state index in [2.05, 4.69) is 30.9 Å². The van der Waals surface area contributed by atoms with Crippen molar-refractivity contribution >= 4 is 17.8 Å². The molecule has 5 rings (SSSR count). The summed E-state index contributed by atoms with van der Waals surface area (Å²) in [4.78, 5) is 31.7. The van der Waals surface area contributed by atoms with Gasteiger partial charge in [0.25, 0.3) is 0 Å². The van der Waals surface area contributed by atoms with Gasteiger partial charge in [0.15, 0.2) is 0 Å². The second kappa shape index (κ2) is 12.2. The normalized spacial score (nSPS) is 17.1. The van der Waals surface area contributed by atoms with Crippen molar-refractivity contribution in [3.05, 3.63) is 78.1 Å². The van der Waals surface area contributed by atoms with Crippen molar-refractivity contribution in [3.63, 3.8) is 0 Å². The molecule has 1 aliphatic rings. The highest BCUT2D eigenvalue weighted by Crippen LogP contribution is 2.32. The van der Waals surface area contributed by atoms with Crippen LogP contribution in [0.25, 0.3) is 16.9 Å². The summed E-state index contributed by atoms with van der Waals surface area (Å²) in [7, 11) is 3.34. The lowest BCUT2D eigenvalue weighted by Crippen LogP contribution is -2.42. The van der Waals surface area contributed by atoms with Gasteiger partial charge < -0.3 is 15.4 Å². The summed E-state index contributed by atoms with van der Waals surface area (Å²) in [6.07, 6.45) is 4.12. The number of amides is 2. The minimum atomic E-state index is -0.624. The van der Waals surface area contributed by atoms with Gasteiger partial charge in [-0.1, -0.05) is 18.2 Å². The number of urea groups is 1. The van der Waals surface area contributed by atoms with E-state index in [4.69, 9.17) is 14.7 Å². The highest BCUT2D eigenvalue weighted by atomic mass is 19.1. The Morgan fingerprint density at radius 3 is 2.65 bits per heavy atom. The van der Waals surface area contributed by atoms with Gasteiger partial charge >= 0.3 is 6.03 Å². The monoisotopic (exact) mass is 547 g/mol. The number of hydrogen-bond donors (Lipinski definition) is 3. The standard InChI is InChI=1S/C27H30FN9O3/c1-17-23(19-14-31-26(29-2)32-15-19)35-37(20-7-5-4-6-8-20)25(17)34-27(38)33-21-16-36(11-12-39-3)40-24(21)18-9-10-30-22(28)13-18/h4-10,13-15,21,24H,11-12,16H2,1-3H3,(H,29,31,32)(H2,33,34,38)/t21-,24+/m1/s1. The van der Waals surface area contributed by atoms with Crippen LogP contribution in [0, 0.1) is 12.9 Å². The number of carbonyl (C=O) groups excluding carboxylic acids is 1. The average molecular weight is 548 g/mol. The molecule has 0 saturated carbocycles. The fourth-order valence-electron chi connectivity index (χ4n) is 4.50. The quantitative estimate of drug-likeness (QED) is 0.270. The third kappa shape index (κ3) is 5.91. The minimum absolute atomic E-state index is 0.378. The van der Waals surface area contributed by atoms with E-state index in [9.17, 15) is 9.18 Å². The Morgan fingerprint density at radius 1 is 1.18 bits per heavy atom. The highest BCUT2D eigenvalue weighted by molar-refractivity contribution is 5.91. The summed E-state index contributed by atoms with van der Waals surface area (Å²) in [5.41, 5.74) is 3.39. The number of nitrogens with zero attached hydrogens (tertiary/aromatic N) is 6. The summed E-state index contributed by atoms with van der Waals surface area (Å²) in [6.45, 7) is 3.17. The summed E-state index contributed by atoms with van der Waals surface area (Å²) in [5, 5.41) is 15.4. The Kier molecular flexibility index (Phi) is 8.24. The van der Waals surface area contributed by atoms with Gasteiger partial charge in [0.1, 0.15) is 17.6 Å². The first-order valence-electron chi connectivity index (χ1n) is 12.7. The van der Waals surface area contributed by atoms with Crippen molar-refractivity contribution in [2.24, 2.45) is 0 Å². The molecular formula is C27H30FN9O3. The van der Waals surface area contributed by atoms with Crippen LogP contribution in [0.5, 0.6) is 0 Å². The topological polar surface area (TPSA) is 131 Å². The van der Waals surface area contributed by atoms with Gasteiger partial charge in [-0.15, -0.1) is 0 Å². The minimum Gasteiger partial charge on any atom is -0.383 e. The maximum Gasteiger partial charge on any atom is 0.320 e. The third-order valence-electron chi connectivity index (χ3n) is 6.47. The SMILES string of the molecule is CNc1ncc(-c2nn(-c3ccccc3)c(NC(=O)N[C@@H]3CN(CCOC)O[C@H]3c3ccnc(F)c3)c2C)cn1. The molecule has 12 nitrogen and oxygen atoms in total. The zero-order valence-corrected chi connectivity index (χ0v) is 22.3. The van der Waals surface area contributed by atoms with Gasteiger partial charge in [-0.05, 0) is 36.8 Å². The Hall–Kier alpha value is -4.46. The molecular weight excluding hydrogens is 517 g/mol. The molecule has 4 heterocycles. The number of anilines is 2. The van der Waals surface area contributed by atoms with Crippen LogP contribution in [0.1, 0.15) is 17.2 Å². The molecule has 0 aliphatic carbocycles. The van der Waals surface area contributed by atoms with E-state index in [1.54, 1.807) is 42.4 Å². The Balaban J connectivity index is 1.42.